The summed E-state index contributed by atoms with van der Waals surface area (Å²) in [5.41, 5.74) is 8.82. The van der Waals surface area contributed by atoms with Gasteiger partial charge in [0.2, 0.25) is 0 Å². The van der Waals surface area contributed by atoms with E-state index in [0.29, 0.717) is 0 Å². The third kappa shape index (κ3) is 2.22. The third-order valence-corrected chi connectivity index (χ3v) is 2.78. The van der Waals surface area contributed by atoms with Crippen LogP contribution in [0.2, 0.25) is 0 Å². The van der Waals surface area contributed by atoms with Crippen LogP contribution in [0.4, 0.5) is 4.39 Å². The van der Waals surface area contributed by atoms with Crippen molar-refractivity contribution in [3.63, 3.8) is 0 Å². The molecule has 2 rings (SSSR count). The molecule has 0 saturated heterocycles. The Balaban J connectivity index is 2.55. The summed E-state index contributed by atoms with van der Waals surface area (Å²) in [6.07, 6.45) is 1.78. The predicted molar refractivity (Wildman–Crippen MR) is 65.9 cm³/mol. The number of hydrogen-bond acceptors (Lipinski definition) is 2. The molecule has 0 aliphatic carbocycles. The van der Waals surface area contributed by atoms with Gasteiger partial charge in [-0.3, -0.25) is 4.68 Å². The van der Waals surface area contributed by atoms with E-state index in [4.69, 9.17) is 5.73 Å². The van der Waals surface area contributed by atoms with Gasteiger partial charge in [-0.1, -0.05) is 0 Å². The first-order valence-corrected chi connectivity index (χ1v) is 5.70. The van der Waals surface area contributed by atoms with Crippen molar-refractivity contribution >= 4 is 0 Å². The maximum absolute atomic E-state index is 12.9. The average Bonchev–Trinajstić information content (AvgIpc) is 2.73. The number of hydrogen-bond donors (Lipinski definition) is 1. The Hall–Kier alpha value is -1.68. The minimum atomic E-state index is -0.237. The normalized spacial score (nSPS) is 12.7. The molecule has 0 saturated carbocycles. The molecular weight excluding hydrogens is 217 g/mol. The number of aromatic nitrogens is 2. The smallest absolute Gasteiger partial charge is 0.123 e. The van der Waals surface area contributed by atoms with Gasteiger partial charge in [-0.05, 0) is 38.1 Å². The summed E-state index contributed by atoms with van der Waals surface area (Å²) in [5, 5.41) is 4.30. The van der Waals surface area contributed by atoms with Gasteiger partial charge in [-0.25, -0.2) is 4.39 Å². The van der Waals surface area contributed by atoms with Crippen LogP contribution < -0.4 is 5.73 Å². The minimum Gasteiger partial charge on any atom is -0.324 e. The number of nitrogens with zero attached hydrogens (tertiary/aromatic N) is 2. The van der Waals surface area contributed by atoms with Crippen molar-refractivity contribution in [1.29, 1.82) is 0 Å². The molecule has 17 heavy (non-hydrogen) atoms. The highest BCUT2D eigenvalue weighted by Crippen LogP contribution is 2.27. The zero-order valence-corrected chi connectivity index (χ0v) is 10.0. The third-order valence-electron chi connectivity index (χ3n) is 2.78. The molecule has 3 nitrogen and oxygen atoms in total. The van der Waals surface area contributed by atoms with Gasteiger partial charge in [0.15, 0.2) is 0 Å². The molecule has 90 valence electrons. The molecule has 0 radical (unpaired) electrons. The van der Waals surface area contributed by atoms with Gasteiger partial charge >= 0.3 is 0 Å². The van der Waals surface area contributed by atoms with Crippen molar-refractivity contribution < 1.29 is 4.39 Å². The summed E-state index contributed by atoms with van der Waals surface area (Å²) in [7, 11) is 0. The molecule has 0 aliphatic rings. The van der Waals surface area contributed by atoms with Crippen LogP contribution in [-0.2, 0) is 6.54 Å². The molecule has 1 atom stereocenters. The second-order valence-electron chi connectivity index (χ2n) is 4.06. The van der Waals surface area contributed by atoms with Gasteiger partial charge in [0.25, 0.3) is 0 Å². The highest BCUT2D eigenvalue weighted by Gasteiger charge is 2.14. The molecule has 4 heteroatoms. The van der Waals surface area contributed by atoms with Crippen molar-refractivity contribution in [3.05, 3.63) is 41.8 Å². The maximum Gasteiger partial charge on any atom is 0.123 e. The van der Waals surface area contributed by atoms with Crippen LogP contribution in [0.1, 0.15) is 25.5 Å². The van der Waals surface area contributed by atoms with E-state index in [1.54, 1.807) is 18.3 Å². The first-order chi connectivity index (χ1) is 8.13. The Morgan fingerprint density at radius 2 is 2.00 bits per heavy atom. The largest absolute Gasteiger partial charge is 0.324 e. The van der Waals surface area contributed by atoms with Crippen LogP contribution >= 0.6 is 0 Å². The molecule has 1 heterocycles. The van der Waals surface area contributed by atoms with Crippen molar-refractivity contribution in [3.8, 4) is 11.3 Å². The van der Waals surface area contributed by atoms with Crippen molar-refractivity contribution in [2.75, 3.05) is 0 Å². The highest BCUT2D eigenvalue weighted by atomic mass is 19.1. The van der Waals surface area contributed by atoms with Crippen molar-refractivity contribution in [1.82, 2.24) is 9.78 Å². The highest BCUT2D eigenvalue weighted by molar-refractivity contribution is 5.64. The predicted octanol–water partition coefficient (Wildman–Crippen LogP) is 2.73. The fraction of sp³-hybridized carbons (Fsp3) is 0.308. The van der Waals surface area contributed by atoms with E-state index in [9.17, 15) is 4.39 Å². The van der Waals surface area contributed by atoms with E-state index in [-0.39, 0.29) is 11.9 Å². The molecule has 1 unspecified atom stereocenters. The maximum atomic E-state index is 12.9. The molecule has 0 spiro atoms. The number of benzene rings is 1. The lowest BCUT2D eigenvalue weighted by atomic mass is 10.0. The summed E-state index contributed by atoms with van der Waals surface area (Å²) < 4.78 is 14.8. The molecular formula is C13H16FN3. The molecule has 0 aliphatic heterocycles. The number of aryl methyl sites for hydroxylation is 1. The van der Waals surface area contributed by atoms with E-state index in [1.165, 1.54) is 12.1 Å². The summed E-state index contributed by atoms with van der Waals surface area (Å²) in [6.45, 7) is 4.70. The number of nitrogens with two attached hydrogens (primary N) is 1. The number of halogens is 1. The van der Waals surface area contributed by atoms with Crippen molar-refractivity contribution in [2.24, 2.45) is 5.73 Å². The average molecular weight is 233 g/mol. The summed E-state index contributed by atoms with van der Waals surface area (Å²) in [5.74, 6) is -0.237. The van der Waals surface area contributed by atoms with Gasteiger partial charge in [-0.2, -0.15) is 5.10 Å². The van der Waals surface area contributed by atoms with Crippen molar-refractivity contribution in [2.45, 2.75) is 26.4 Å². The molecule has 0 amide bonds. The molecule has 1 aromatic heterocycles. The summed E-state index contributed by atoms with van der Waals surface area (Å²) in [4.78, 5) is 0. The van der Waals surface area contributed by atoms with Gasteiger partial charge in [0.1, 0.15) is 5.82 Å². The van der Waals surface area contributed by atoms with Gasteiger partial charge in [-0.15, -0.1) is 0 Å². The SMILES string of the molecule is CCn1ncc(C(C)N)c1-c1ccc(F)cc1. The lowest BCUT2D eigenvalue weighted by molar-refractivity contribution is 0.627. The lowest BCUT2D eigenvalue weighted by Gasteiger charge is -2.10. The topological polar surface area (TPSA) is 43.8 Å². The zero-order chi connectivity index (χ0) is 12.4. The van der Waals surface area contributed by atoms with E-state index in [0.717, 1.165) is 23.4 Å². The Morgan fingerprint density at radius 1 is 1.35 bits per heavy atom. The van der Waals surface area contributed by atoms with E-state index < -0.39 is 0 Å². The number of rotatable bonds is 3. The van der Waals surface area contributed by atoms with Crippen LogP contribution in [0.25, 0.3) is 11.3 Å². The summed E-state index contributed by atoms with van der Waals surface area (Å²) in [6, 6.07) is 6.32. The molecule has 0 fully saturated rings. The lowest BCUT2D eigenvalue weighted by Crippen LogP contribution is -2.07. The monoisotopic (exact) mass is 233 g/mol. The van der Waals surface area contributed by atoms with Gasteiger partial charge in [0.05, 0.1) is 11.9 Å². The van der Waals surface area contributed by atoms with Gasteiger partial charge in [0, 0.05) is 23.7 Å². The van der Waals surface area contributed by atoms with E-state index in [2.05, 4.69) is 5.10 Å². The standard InChI is InChI=1S/C13H16FN3/c1-3-17-13(12(8-16-17)9(2)15)10-4-6-11(14)7-5-10/h4-9H,3,15H2,1-2H3. The van der Waals surface area contributed by atoms with Crippen LogP contribution in [0, 0.1) is 5.82 Å². The fourth-order valence-corrected chi connectivity index (χ4v) is 1.90. The molecule has 0 bridgehead atoms. The Morgan fingerprint density at radius 3 is 2.53 bits per heavy atom. The van der Waals surface area contributed by atoms with Crippen LogP contribution in [0.5, 0.6) is 0 Å². The first kappa shape index (κ1) is 11.8. The Bertz CT molecular complexity index is 500. The van der Waals surface area contributed by atoms with Crippen LogP contribution in [0.3, 0.4) is 0 Å². The van der Waals surface area contributed by atoms with Gasteiger partial charge < -0.3 is 5.73 Å². The molecule has 2 N–H and O–H groups in total. The van der Waals surface area contributed by atoms with E-state index in [1.807, 2.05) is 18.5 Å². The quantitative estimate of drug-likeness (QED) is 0.885. The fourth-order valence-electron chi connectivity index (χ4n) is 1.90. The zero-order valence-electron chi connectivity index (χ0n) is 10.0. The Labute approximate surface area is 100 Å². The van der Waals surface area contributed by atoms with Crippen LogP contribution in [-0.4, -0.2) is 9.78 Å². The van der Waals surface area contributed by atoms with E-state index >= 15 is 0 Å². The first-order valence-electron chi connectivity index (χ1n) is 5.70. The molecule has 2 aromatic rings. The minimum absolute atomic E-state index is 0.0876. The summed E-state index contributed by atoms with van der Waals surface area (Å²) >= 11 is 0. The molecule has 1 aromatic carbocycles. The Kier molecular flexibility index (Phi) is 3.24. The second kappa shape index (κ2) is 4.67. The second-order valence-corrected chi connectivity index (χ2v) is 4.06. The van der Waals surface area contributed by atoms with Crippen LogP contribution in [0.15, 0.2) is 30.5 Å².